The second-order valence-electron chi connectivity index (χ2n) is 5.58. The third-order valence-corrected chi connectivity index (χ3v) is 3.72. The average molecular weight is 269 g/mol. The highest BCUT2D eigenvalue weighted by Gasteiger charge is 2.40. The van der Waals surface area contributed by atoms with Crippen molar-refractivity contribution in [2.75, 3.05) is 6.61 Å². The molecular formula is C16H19N3O. The molecule has 0 spiro atoms. The highest BCUT2D eigenvalue weighted by Crippen LogP contribution is 2.46. The number of hydrogen-bond donors (Lipinski definition) is 0. The van der Waals surface area contributed by atoms with Gasteiger partial charge >= 0.3 is 0 Å². The molecule has 1 aliphatic carbocycles. The lowest BCUT2D eigenvalue weighted by molar-refractivity contribution is 0.282. The highest BCUT2D eigenvalue weighted by molar-refractivity contribution is 5.23. The second-order valence-corrected chi connectivity index (χ2v) is 5.58. The molecule has 2 aromatic rings. The third-order valence-electron chi connectivity index (χ3n) is 3.72. The van der Waals surface area contributed by atoms with E-state index in [1.165, 1.54) is 11.3 Å². The lowest BCUT2D eigenvalue weighted by atomic mass is 10.2. The van der Waals surface area contributed by atoms with Crippen molar-refractivity contribution >= 4 is 0 Å². The van der Waals surface area contributed by atoms with Crippen molar-refractivity contribution in [1.29, 1.82) is 0 Å². The van der Waals surface area contributed by atoms with E-state index in [-0.39, 0.29) is 0 Å². The van der Waals surface area contributed by atoms with Crippen LogP contribution in [-0.2, 0) is 0 Å². The Hall–Kier alpha value is -1.97. The monoisotopic (exact) mass is 269 g/mol. The van der Waals surface area contributed by atoms with Gasteiger partial charge in [0.05, 0.1) is 6.61 Å². The molecule has 1 fully saturated rings. The molecule has 0 aromatic carbocycles. The van der Waals surface area contributed by atoms with Crippen LogP contribution in [0.3, 0.4) is 0 Å². The first-order chi connectivity index (χ1) is 9.63. The predicted octanol–water partition coefficient (Wildman–Crippen LogP) is 2.98. The Labute approximate surface area is 119 Å². The summed E-state index contributed by atoms with van der Waals surface area (Å²) < 4.78 is 5.84. The number of hydrogen-bond acceptors (Lipinski definition) is 4. The van der Waals surface area contributed by atoms with Crippen molar-refractivity contribution < 1.29 is 4.74 Å². The summed E-state index contributed by atoms with van der Waals surface area (Å²) in [6.07, 6.45) is 4.90. The first-order valence-corrected chi connectivity index (χ1v) is 6.99. The zero-order valence-electron chi connectivity index (χ0n) is 12.1. The Morgan fingerprint density at radius 1 is 1.15 bits per heavy atom. The van der Waals surface area contributed by atoms with Gasteiger partial charge in [0.1, 0.15) is 5.82 Å². The molecule has 4 nitrogen and oxygen atoms in total. The highest BCUT2D eigenvalue weighted by atomic mass is 16.5. The van der Waals surface area contributed by atoms with Crippen molar-refractivity contribution in [3.63, 3.8) is 0 Å². The van der Waals surface area contributed by atoms with E-state index in [4.69, 9.17) is 4.74 Å². The van der Waals surface area contributed by atoms with Crippen LogP contribution in [0.25, 0.3) is 0 Å². The molecule has 2 aromatic heterocycles. The average Bonchev–Trinajstić information content (AvgIpc) is 3.20. The summed E-state index contributed by atoms with van der Waals surface area (Å²) in [6, 6.07) is 4.25. The molecule has 0 bridgehead atoms. The van der Waals surface area contributed by atoms with Crippen LogP contribution >= 0.6 is 0 Å². The van der Waals surface area contributed by atoms with E-state index in [1.54, 1.807) is 0 Å². The van der Waals surface area contributed by atoms with Gasteiger partial charge < -0.3 is 4.74 Å². The number of nitrogens with zero attached hydrogens (tertiary/aromatic N) is 3. The number of ether oxygens (including phenoxy) is 1. The molecule has 2 atom stereocenters. The van der Waals surface area contributed by atoms with E-state index >= 15 is 0 Å². The zero-order chi connectivity index (χ0) is 14.1. The van der Waals surface area contributed by atoms with Gasteiger partial charge in [-0.3, -0.25) is 4.98 Å². The van der Waals surface area contributed by atoms with Gasteiger partial charge in [0, 0.05) is 35.5 Å². The number of rotatable bonds is 4. The van der Waals surface area contributed by atoms with Crippen LogP contribution in [0.4, 0.5) is 0 Å². The zero-order valence-corrected chi connectivity index (χ0v) is 12.1. The molecule has 4 heteroatoms. The van der Waals surface area contributed by atoms with E-state index in [0.717, 1.165) is 17.8 Å². The molecule has 104 valence electrons. The Balaban J connectivity index is 1.58. The van der Waals surface area contributed by atoms with E-state index in [0.29, 0.717) is 24.3 Å². The van der Waals surface area contributed by atoms with Gasteiger partial charge in [-0.2, -0.15) is 4.98 Å². The summed E-state index contributed by atoms with van der Waals surface area (Å²) in [5.41, 5.74) is 3.37. The van der Waals surface area contributed by atoms with Gasteiger partial charge in [0.25, 0.3) is 0 Å². The van der Waals surface area contributed by atoms with E-state index in [9.17, 15) is 0 Å². The summed E-state index contributed by atoms with van der Waals surface area (Å²) in [5, 5.41) is 0. The molecule has 1 saturated carbocycles. The minimum absolute atomic E-state index is 0.541. The lowest BCUT2D eigenvalue weighted by Gasteiger charge is -2.08. The molecule has 1 aliphatic rings. The molecule has 0 unspecified atom stereocenters. The van der Waals surface area contributed by atoms with Crippen LogP contribution in [0.2, 0.25) is 0 Å². The normalized spacial score (nSPS) is 20.8. The summed E-state index contributed by atoms with van der Waals surface area (Å²) >= 11 is 0. The first-order valence-electron chi connectivity index (χ1n) is 6.99. The standard InChI is InChI=1S/C16H19N3O/c1-10-4-5-15(18-7-10)14-6-13(14)9-20-16-11(2)8-17-12(3)19-16/h4-5,7-8,13-14H,6,9H2,1-3H3/t13-,14+/m1/s1. The summed E-state index contributed by atoms with van der Waals surface area (Å²) in [7, 11) is 0. The van der Waals surface area contributed by atoms with Crippen LogP contribution in [0.5, 0.6) is 5.88 Å². The predicted molar refractivity (Wildman–Crippen MR) is 76.8 cm³/mol. The minimum Gasteiger partial charge on any atom is -0.477 e. The molecular weight excluding hydrogens is 250 g/mol. The molecule has 2 heterocycles. The second kappa shape index (κ2) is 5.19. The molecule has 0 radical (unpaired) electrons. The van der Waals surface area contributed by atoms with Crippen LogP contribution < -0.4 is 4.74 Å². The fourth-order valence-electron chi connectivity index (χ4n) is 2.33. The summed E-state index contributed by atoms with van der Waals surface area (Å²) in [5.74, 6) is 2.55. The maximum absolute atomic E-state index is 5.84. The summed E-state index contributed by atoms with van der Waals surface area (Å²) in [6.45, 7) is 6.62. The van der Waals surface area contributed by atoms with E-state index in [1.807, 2.05) is 26.2 Å². The first kappa shape index (κ1) is 13.0. The van der Waals surface area contributed by atoms with Crippen LogP contribution in [0.15, 0.2) is 24.5 Å². The minimum atomic E-state index is 0.541. The third kappa shape index (κ3) is 2.79. The molecule has 3 rings (SSSR count). The maximum Gasteiger partial charge on any atom is 0.219 e. The molecule has 0 amide bonds. The van der Waals surface area contributed by atoms with E-state index in [2.05, 4.69) is 34.0 Å². The van der Waals surface area contributed by atoms with Crippen LogP contribution in [0.1, 0.15) is 35.0 Å². The number of aryl methyl sites for hydroxylation is 3. The fraction of sp³-hybridized carbons (Fsp3) is 0.438. The SMILES string of the molecule is Cc1ccc([C@H]2C[C@@H]2COc2nc(C)ncc2C)nc1. The molecule has 0 aliphatic heterocycles. The van der Waals surface area contributed by atoms with Crippen LogP contribution in [-0.4, -0.2) is 21.6 Å². The number of aromatic nitrogens is 3. The van der Waals surface area contributed by atoms with Crippen LogP contribution in [0, 0.1) is 26.7 Å². The Morgan fingerprint density at radius 2 is 2.00 bits per heavy atom. The molecule has 20 heavy (non-hydrogen) atoms. The Morgan fingerprint density at radius 3 is 2.75 bits per heavy atom. The largest absolute Gasteiger partial charge is 0.477 e. The van der Waals surface area contributed by atoms with Crippen molar-refractivity contribution in [2.45, 2.75) is 33.1 Å². The lowest BCUT2D eigenvalue weighted by Crippen LogP contribution is -2.05. The van der Waals surface area contributed by atoms with E-state index < -0.39 is 0 Å². The van der Waals surface area contributed by atoms with Crippen molar-refractivity contribution in [3.8, 4) is 5.88 Å². The van der Waals surface area contributed by atoms with Crippen molar-refractivity contribution in [3.05, 3.63) is 47.2 Å². The molecule has 0 saturated heterocycles. The number of pyridine rings is 1. The van der Waals surface area contributed by atoms with Gasteiger partial charge in [-0.1, -0.05) is 6.07 Å². The molecule has 0 N–H and O–H groups in total. The quantitative estimate of drug-likeness (QED) is 0.856. The van der Waals surface area contributed by atoms with Gasteiger partial charge in [-0.25, -0.2) is 4.98 Å². The Kier molecular flexibility index (Phi) is 3.38. The fourth-order valence-corrected chi connectivity index (χ4v) is 2.33. The van der Waals surface area contributed by atoms with Gasteiger partial charge in [-0.15, -0.1) is 0 Å². The Bertz CT molecular complexity index is 610. The topological polar surface area (TPSA) is 47.9 Å². The maximum atomic E-state index is 5.84. The van der Waals surface area contributed by atoms with Gasteiger partial charge in [0.2, 0.25) is 5.88 Å². The van der Waals surface area contributed by atoms with Gasteiger partial charge in [0.15, 0.2) is 0 Å². The van der Waals surface area contributed by atoms with Crippen molar-refractivity contribution in [1.82, 2.24) is 15.0 Å². The smallest absolute Gasteiger partial charge is 0.219 e. The van der Waals surface area contributed by atoms with Gasteiger partial charge in [-0.05, 0) is 38.8 Å². The summed E-state index contributed by atoms with van der Waals surface area (Å²) in [4.78, 5) is 13.0. The van der Waals surface area contributed by atoms with Crippen molar-refractivity contribution in [2.24, 2.45) is 5.92 Å².